The Kier molecular flexibility index (Phi) is 6.99. The van der Waals surface area contributed by atoms with Gasteiger partial charge in [-0.15, -0.1) is 0 Å². The second-order valence-corrected chi connectivity index (χ2v) is 6.47. The van der Waals surface area contributed by atoms with Crippen molar-refractivity contribution in [3.63, 3.8) is 0 Å². The first-order valence-corrected chi connectivity index (χ1v) is 7.61. The van der Waals surface area contributed by atoms with E-state index in [2.05, 4.69) is 31.4 Å². The summed E-state index contributed by atoms with van der Waals surface area (Å²) in [7, 11) is 0. The average molecular weight is 284 g/mol. The summed E-state index contributed by atoms with van der Waals surface area (Å²) < 4.78 is 0. The van der Waals surface area contributed by atoms with Crippen LogP contribution in [-0.4, -0.2) is 36.1 Å². The third kappa shape index (κ3) is 6.37. The van der Waals surface area contributed by atoms with Gasteiger partial charge < -0.3 is 15.7 Å². The topological polar surface area (TPSA) is 78.4 Å². The van der Waals surface area contributed by atoms with E-state index in [9.17, 15) is 9.59 Å². The van der Waals surface area contributed by atoms with E-state index in [1.165, 1.54) is 0 Å². The predicted molar refractivity (Wildman–Crippen MR) is 78.4 cm³/mol. The van der Waals surface area contributed by atoms with Crippen LogP contribution in [0.15, 0.2) is 0 Å². The van der Waals surface area contributed by atoms with E-state index in [4.69, 9.17) is 5.11 Å². The molecule has 1 rings (SSSR count). The molecule has 1 saturated heterocycles. The van der Waals surface area contributed by atoms with Crippen LogP contribution in [0.25, 0.3) is 0 Å². The molecule has 0 aliphatic carbocycles. The molecule has 3 atom stereocenters. The van der Waals surface area contributed by atoms with E-state index in [-0.39, 0.29) is 24.3 Å². The van der Waals surface area contributed by atoms with Crippen molar-refractivity contribution in [3.05, 3.63) is 0 Å². The Morgan fingerprint density at radius 2 is 2.10 bits per heavy atom. The van der Waals surface area contributed by atoms with Gasteiger partial charge in [-0.05, 0) is 43.6 Å². The van der Waals surface area contributed by atoms with Gasteiger partial charge in [-0.2, -0.15) is 0 Å². The summed E-state index contributed by atoms with van der Waals surface area (Å²) in [6.07, 6.45) is 2.91. The van der Waals surface area contributed by atoms with Crippen molar-refractivity contribution in [2.24, 2.45) is 17.8 Å². The van der Waals surface area contributed by atoms with Gasteiger partial charge >= 0.3 is 5.97 Å². The molecule has 5 nitrogen and oxygen atoms in total. The van der Waals surface area contributed by atoms with E-state index in [1.54, 1.807) is 0 Å². The zero-order valence-corrected chi connectivity index (χ0v) is 12.8. The highest BCUT2D eigenvalue weighted by Gasteiger charge is 2.25. The van der Waals surface area contributed by atoms with Crippen molar-refractivity contribution in [3.8, 4) is 0 Å². The number of aliphatic carboxylic acids is 1. The lowest BCUT2D eigenvalue weighted by Gasteiger charge is -2.28. The number of hydrogen-bond acceptors (Lipinski definition) is 3. The summed E-state index contributed by atoms with van der Waals surface area (Å²) in [5, 5.41) is 15.1. The van der Waals surface area contributed by atoms with Crippen LogP contribution in [-0.2, 0) is 9.59 Å². The molecule has 0 saturated carbocycles. The first-order chi connectivity index (χ1) is 9.38. The molecule has 0 spiro atoms. The zero-order chi connectivity index (χ0) is 15.1. The third-order valence-corrected chi connectivity index (χ3v) is 3.82. The highest BCUT2D eigenvalue weighted by atomic mass is 16.4. The molecule has 0 radical (unpaired) electrons. The Balaban J connectivity index is 2.40. The van der Waals surface area contributed by atoms with E-state index in [1.807, 2.05) is 0 Å². The van der Waals surface area contributed by atoms with Crippen molar-refractivity contribution in [2.45, 2.75) is 52.5 Å². The molecule has 0 aromatic rings. The lowest BCUT2D eigenvalue weighted by Crippen LogP contribution is -2.49. The number of hydrogen-bond donors (Lipinski definition) is 3. The first-order valence-electron chi connectivity index (χ1n) is 7.61. The number of amides is 1. The van der Waals surface area contributed by atoms with Crippen molar-refractivity contribution < 1.29 is 14.7 Å². The van der Waals surface area contributed by atoms with E-state index in [0.29, 0.717) is 18.4 Å². The Bertz CT molecular complexity index is 331. The molecule has 1 aliphatic rings. The average Bonchev–Trinajstić information content (AvgIpc) is 2.34. The summed E-state index contributed by atoms with van der Waals surface area (Å²) in [5.41, 5.74) is 0. The summed E-state index contributed by atoms with van der Waals surface area (Å²) in [6.45, 7) is 7.63. The third-order valence-electron chi connectivity index (χ3n) is 3.82. The number of carbonyl (C=O) groups excluding carboxylic acids is 1. The number of carboxylic acid groups (broad SMARTS) is 1. The number of carboxylic acids is 1. The summed E-state index contributed by atoms with van der Waals surface area (Å²) in [6, 6.07) is -0.122. The normalized spacial score (nSPS) is 24.4. The Morgan fingerprint density at radius 3 is 2.65 bits per heavy atom. The maximum Gasteiger partial charge on any atom is 0.303 e. The van der Waals surface area contributed by atoms with E-state index in [0.717, 1.165) is 25.8 Å². The van der Waals surface area contributed by atoms with Gasteiger partial charge in [0.05, 0.1) is 6.04 Å². The molecule has 20 heavy (non-hydrogen) atoms. The van der Waals surface area contributed by atoms with Gasteiger partial charge in [0.25, 0.3) is 0 Å². The largest absolute Gasteiger partial charge is 0.481 e. The monoisotopic (exact) mass is 284 g/mol. The maximum absolute atomic E-state index is 12.1. The molecule has 1 aliphatic heterocycles. The summed E-state index contributed by atoms with van der Waals surface area (Å²) >= 11 is 0. The van der Waals surface area contributed by atoms with Crippen LogP contribution < -0.4 is 10.6 Å². The van der Waals surface area contributed by atoms with Crippen LogP contribution in [0.3, 0.4) is 0 Å². The predicted octanol–water partition coefficient (Wildman–Crippen LogP) is 1.63. The second kappa shape index (κ2) is 8.25. The molecule has 1 amide bonds. The molecular weight excluding hydrogens is 256 g/mol. The van der Waals surface area contributed by atoms with Crippen LogP contribution in [0.5, 0.6) is 0 Å². The lowest BCUT2D eigenvalue weighted by molar-refractivity contribution is -0.138. The maximum atomic E-state index is 12.1. The molecule has 0 aromatic carbocycles. The fourth-order valence-electron chi connectivity index (χ4n) is 2.83. The van der Waals surface area contributed by atoms with Crippen molar-refractivity contribution >= 4 is 11.9 Å². The molecule has 0 bridgehead atoms. The van der Waals surface area contributed by atoms with E-state index < -0.39 is 5.97 Å². The smallest absolute Gasteiger partial charge is 0.303 e. The molecule has 3 N–H and O–H groups in total. The Hall–Kier alpha value is -1.10. The first kappa shape index (κ1) is 17.0. The molecule has 1 heterocycles. The second-order valence-electron chi connectivity index (χ2n) is 6.47. The van der Waals surface area contributed by atoms with Crippen LogP contribution in [0.1, 0.15) is 46.5 Å². The molecule has 0 aromatic heterocycles. The Morgan fingerprint density at radius 1 is 1.40 bits per heavy atom. The molecule has 1 fully saturated rings. The highest BCUT2D eigenvalue weighted by molar-refractivity contribution is 5.81. The standard InChI is InChI=1S/C15H28N2O3/c1-10(2)6-12(8-14(18)19)9-17-15(20)13-7-11(3)4-5-16-13/h10-13,16H,4-9H2,1-3H3,(H,17,20)(H,18,19). The van der Waals surface area contributed by atoms with Gasteiger partial charge in [0.1, 0.15) is 0 Å². The number of rotatable bonds is 7. The lowest BCUT2D eigenvalue weighted by atomic mass is 9.92. The van der Waals surface area contributed by atoms with Gasteiger partial charge in [0.2, 0.25) is 5.91 Å². The SMILES string of the molecule is CC(C)CC(CNC(=O)C1CC(C)CCN1)CC(=O)O. The van der Waals surface area contributed by atoms with Crippen LogP contribution in [0, 0.1) is 17.8 Å². The number of nitrogens with one attached hydrogen (secondary N) is 2. The number of piperidine rings is 1. The summed E-state index contributed by atoms with van der Waals surface area (Å²) in [5.74, 6) is 0.226. The number of carbonyl (C=O) groups is 2. The minimum Gasteiger partial charge on any atom is -0.481 e. The molecule has 116 valence electrons. The van der Waals surface area contributed by atoms with Crippen molar-refractivity contribution in [1.29, 1.82) is 0 Å². The van der Waals surface area contributed by atoms with Gasteiger partial charge in [-0.25, -0.2) is 0 Å². The van der Waals surface area contributed by atoms with Gasteiger partial charge in [0.15, 0.2) is 0 Å². The fraction of sp³-hybridized carbons (Fsp3) is 0.867. The highest BCUT2D eigenvalue weighted by Crippen LogP contribution is 2.17. The zero-order valence-electron chi connectivity index (χ0n) is 12.8. The molecule has 5 heteroatoms. The quantitative estimate of drug-likeness (QED) is 0.664. The minimum atomic E-state index is -0.797. The molecular formula is C15H28N2O3. The van der Waals surface area contributed by atoms with Gasteiger partial charge in [0, 0.05) is 13.0 Å². The summed E-state index contributed by atoms with van der Waals surface area (Å²) in [4.78, 5) is 23.0. The van der Waals surface area contributed by atoms with Gasteiger partial charge in [-0.3, -0.25) is 9.59 Å². The van der Waals surface area contributed by atoms with Crippen molar-refractivity contribution in [2.75, 3.05) is 13.1 Å². The molecule has 3 unspecified atom stereocenters. The Labute approximate surface area is 121 Å². The van der Waals surface area contributed by atoms with Crippen LogP contribution in [0.4, 0.5) is 0 Å². The minimum absolute atomic E-state index is 0.00990. The van der Waals surface area contributed by atoms with Crippen LogP contribution in [0.2, 0.25) is 0 Å². The van der Waals surface area contributed by atoms with E-state index >= 15 is 0 Å². The van der Waals surface area contributed by atoms with Gasteiger partial charge in [-0.1, -0.05) is 20.8 Å². The fourth-order valence-corrected chi connectivity index (χ4v) is 2.83. The van der Waals surface area contributed by atoms with Crippen molar-refractivity contribution in [1.82, 2.24) is 10.6 Å². The van der Waals surface area contributed by atoms with Crippen LogP contribution >= 0.6 is 0 Å².